The quantitative estimate of drug-likeness (QED) is 0.604. The molecular formula is C26H37N5O2. The standard InChI is InChI=1S/C26H37N5O2/c1-26(2)19-7-6-18(21(26)12-19)15-29-25(33)22-4-3-5-23-30-20(16-31(22)23)13-24(32)28-14-17-8-10-27-11-9-17/h3-5,16-19,21,27H,6-15H2,1-2H3,(H,28,32)(H,29,33)/t18-,19?,21+/m0/s1. The Bertz CT molecular complexity index is 1020. The second kappa shape index (κ2) is 9.09. The molecule has 3 saturated carbocycles. The maximum Gasteiger partial charge on any atom is 0.268 e. The van der Waals surface area contributed by atoms with Gasteiger partial charge in [-0.15, -0.1) is 0 Å². The van der Waals surface area contributed by atoms with Crippen molar-refractivity contribution in [3.8, 4) is 0 Å². The van der Waals surface area contributed by atoms with Crippen LogP contribution in [0.5, 0.6) is 0 Å². The number of pyridine rings is 1. The highest BCUT2D eigenvalue weighted by atomic mass is 16.2. The van der Waals surface area contributed by atoms with E-state index in [1.54, 1.807) is 0 Å². The molecule has 4 aliphatic rings. The molecule has 4 fully saturated rings. The molecule has 7 heteroatoms. The van der Waals surface area contributed by atoms with E-state index in [0.29, 0.717) is 34.3 Å². The third-order valence-electron chi connectivity index (χ3n) is 8.69. The van der Waals surface area contributed by atoms with E-state index in [0.717, 1.165) is 50.9 Å². The van der Waals surface area contributed by atoms with Crippen LogP contribution in [-0.4, -0.2) is 47.4 Å². The first-order valence-corrected chi connectivity index (χ1v) is 12.6. The molecule has 2 bridgehead atoms. The van der Waals surface area contributed by atoms with Crippen molar-refractivity contribution in [3.05, 3.63) is 35.8 Å². The Morgan fingerprint density at radius 2 is 1.94 bits per heavy atom. The van der Waals surface area contributed by atoms with Gasteiger partial charge in [0.15, 0.2) is 0 Å². The zero-order chi connectivity index (χ0) is 23.0. The molecule has 3 aliphatic carbocycles. The van der Waals surface area contributed by atoms with Gasteiger partial charge in [-0.1, -0.05) is 19.9 Å². The summed E-state index contributed by atoms with van der Waals surface area (Å²) in [6.07, 6.45) is 8.07. The van der Waals surface area contributed by atoms with Crippen molar-refractivity contribution < 1.29 is 9.59 Å². The Balaban J connectivity index is 1.19. The minimum atomic E-state index is -0.0702. The highest BCUT2D eigenvalue weighted by molar-refractivity contribution is 5.93. The van der Waals surface area contributed by atoms with Crippen LogP contribution in [0.2, 0.25) is 0 Å². The highest BCUT2D eigenvalue weighted by Gasteiger charge is 2.53. The molecule has 178 valence electrons. The van der Waals surface area contributed by atoms with Crippen molar-refractivity contribution in [2.45, 2.75) is 52.4 Å². The van der Waals surface area contributed by atoms with Gasteiger partial charge in [0, 0.05) is 19.3 Å². The van der Waals surface area contributed by atoms with Gasteiger partial charge >= 0.3 is 0 Å². The summed E-state index contributed by atoms with van der Waals surface area (Å²) < 4.78 is 1.81. The van der Waals surface area contributed by atoms with E-state index in [2.05, 4.69) is 34.8 Å². The van der Waals surface area contributed by atoms with Crippen LogP contribution in [0.4, 0.5) is 0 Å². The Kier molecular flexibility index (Phi) is 6.16. The summed E-state index contributed by atoms with van der Waals surface area (Å²) in [5.41, 5.74) is 2.38. The van der Waals surface area contributed by atoms with Gasteiger partial charge in [-0.3, -0.25) is 14.0 Å². The SMILES string of the molecule is CC1(C)C2CC[C@@H](CNC(=O)c3cccc4nc(CC(=O)NCC5CCNCC5)cn34)[C@H]1C2. The molecule has 1 saturated heterocycles. The molecule has 1 unspecified atom stereocenters. The number of rotatable bonds is 7. The van der Waals surface area contributed by atoms with Crippen LogP contribution in [0.1, 0.15) is 62.1 Å². The molecule has 0 spiro atoms. The predicted molar refractivity (Wildman–Crippen MR) is 128 cm³/mol. The van der Waals surface area contributed by atoms with Crippen LogP contribution in [0.25, 0.3) is 5.65 Å². The number of carbonyl (C=O) groups excluding carboxylic acids is 2. The van der Waals surface area contributed by atoms with E-state index in [-0.39, 0.29) is 18.2 Å². The number of carbonyl (C=O) groups is 2. The summed E-state index contributed by atoms with van der Waals surface area (Å²) >= 11 is 0. The molecule has 33 heavy (non-hydrogen) atoms. The average Bonchev–Trinajstić information content (AvgIpc) is 3.24. The van der Waals surface area contributed by atoms with Crippen molar-refractivity contribution in [1.82, 2.24) is 25.3 Å². The van der Waals surface area contributed by atoms with E-state index in [1.165, 1.54) is 19.3 Å². The first-order chi connectivity index (χ1) is 15.9. The number of piperidine rings is 1. The molecule has 3 atom stereocenters. The summed E-state index contributed by atoms with van der Waals surface area (Å²) in [5.74, 6) is 2.61. The molecule has 2 amide bonds. The lowest BCUT2D eigenvalue weighted by Gasteiger charge is -2.60. The Labute approximate surface area is 196 Å². The lowest BCUT2D eigenvalue weighted by atomic mass is 9.45. The van der Waals surface area contributed by atoms with Crippen molar-refractivity contribution in [3.63, 3.8) is 0 Å². The smallest absolute Gasteiger partial charge is 0.268 e. The van der Waals surface area contributed by atoms with Crippen LogP contribution in [-0.2, 0) is 11.2 Å². The molecule has 3 heterocycles. The van der Waals surface area contributed by atoms with Gasteiger partial charge in [-0.2, -0.15) is 0 Å². The van der Waals surface area contributed by atoms with Gasteiger partial charge < -0.3 is 16.0 Å². The predicted octanol–water partition coefficient (Wildman–Crippen LogP) is 2.79. The van der Waals surface area contributed by atoms with Crippen LogP contribution in [0.3, 0.4) is 0 Å². The Morgan fingerprint density at radius 3 is 2.70 bits per heavy atom. The van der Waals surface area contributed by atoms with E-state index in [9.17, 15) is 9.59 Å². The fourth-order valence-electron chi connectivity index (χ4n) is 6.42. The zero-order valence-corrected chi connectivity index (χ0v) is 19.9. The second-order valence-corrected chi connectivity index (χ2v) is 11.0. The van der Waals surface area contributed by atoms with E-state index in [4.69, 9.17) is 0 Å². The third-order valence-corrected chi connectivity index (χ3v) is 8.69. The second-order valence-electron chi connectivity index (χ2n) is 11.0. The molecule has 0 aromatic carbocycles. The van der Waals surface area contributed by atoms with E-state index < -0.39 is 0 Å². The summed E-state index contributed by atoms with van der Waals surface area (Å²) in [4.78, 5) is 30.1. The Hall–Kier alpha value is -2.41. The molecule has 3 N–H and O–H groups in total. The summed E-state index contributed by atoms with van der Waals surface area (Å²) in [6.45, 7) is 8.28. The number of amides is 2. The maximum atomic E-state index is 13.0. The average molecular weight is 452 g/mol. The van der Waals surface area contributed by atoms with Gasteiger partial charge in [0.05, 0.1) is 12.1 Å². The van der Waals surface area contributed by atoms with Crippen LogP contribution < -0.4 is 16.0 Å². The van der Waals surface area contributed by atoms with Gasteiger partial charge in [-0.25, -0.2) is 4.98 Å². The minimum absolute atomic E-state index is 0.0124. The van der Waals surface area contributed by atoms with Gasteiger partial charge in [0.25, 0.3) is 5.91 Å². The van der Waals surface area contributed by atoms with E-state index >= 15 is 0 Å². The first-order valence-electron chi connectivity index (χ1n) is 12.6. The van der Waals surface area contributed by atoms with Crippen LogP contribution in [0.15, 0.2) is 24.4 Å². The highest BCUT2D eigenvalue weighted by Crippen LogP contribution is 2.61. The normalized spacial score (nSPS) is 26.5. The van der Waals surface area contributed by atoms with Crippen LogP contribution in [0, 0.1) is 29.1 Å². The lowest BCUT2D eigenvalue weighted by molar-refractivity contribution is -0.120. The van der Waals surface area contributed by atoms with Crippen molar-refractivity contribution in [2.75, 3.05) is 26.2 Å². The molecule has 6 rings (SSSR count). The number of aromatic nitrogens is 2. The fourth-order valence-corrected chi connectivity index (χ4v) is 6.42. The summed E-state index contributed by atoms with van der Waals surface area (Å²) in [6, 6.07) is 5.57. The van der Waals surface area contributed by atoms with Gasteiger partial charge in [0.2, 0.25) is 5.91 Å². The molecule has 2 aromatic heterocycles. The summed E-state index contributed by atoms with van der Waals surface area (Å²) in [7, 11) is 0. The third kappa shape index (κ3) is 4.52. The number of nitrogens with one attached hydrogen (secondary N) is 3. The molecule has 0 radical (unpaired) electrons. The fraction of sp³-hybridized carbons (Fsp3) is 0.654. The zero-order valence-electron chi connectivity index (χ0n) is 19.9. The number of hydrogen-bond donors (Lipinski definition) is 3. The topological polar surface area (TPSA) is 87.5 Å². The number of fused-ring (bicyclic) bond motifs is 3. The van der Waals surface area contributed by atoms with Crippen molar-refractivity contribution in [2.24, 2.45) is 29.1 Å². The molecule has 2 aromatic rings. The Morgan fingerprint density at radius 1 is 1.12 bits per heavy atom. The monoisotopic (exact) mass is 451 g/mol. The molecular weight excluding hydrogens is 414 g/mol. The van der Waals surface area contributed by atoms with Crippen molar-refractivity contribution in [1.29, 1.82) is 0 Å². The van der Waals surface area contributed by atoms with Crippen LogP contribution >= 0.6 is 0 Å². The molecule has 7 nitrogen and oxygen atoms in total. The maximum absolute atomic E-state index is 13.0. The van der Waals surface area contributed by atoms with E-state index in [1.807, 2.05) is 28.8 Å². The van der Waals surface area contributed by atoms with Gasteiger partial charge in [0.1, 0.15) is 11.3 Å². The number of imidazole rings is 1. The molecule has 1 aliphatic heterocycles. The van der Waals surface area contributed by atoms with Crippen molar-refractivity contribution >= 4 is 17.5 Å². The summed E-state index contributed by atoms with van der Waals surface area (Å²) in [5, 5.41) is 9.60. The minimum Gasteiger partial charge on any atom is -0.355 e. The number of hydrogen-bond acceptors (Lipinski definition) is 4. The largest absolute Gasteiger partial charge is 0.355 e. The number of nitrogens with zero attached hydrogens (tertiary/aromatic N) is 2. The lowest BCUT2D eigenvalue weighted by Crippen LogP contribution is -2.54. The van der Waals surface area contributed by atoms with Gasteiger partial charge in [-0.05, 0) is 86.4 Å². The first kappa shape index (κ1) is 22.4.